The van der Waals surface area contributed by atoms with Gasteiger partial charge in [-0.2, -0.15) is 0 Å². The highest BCUT2D eigenvalue weighted by Crippen LogP contribution is 2.26. The van der Waals surface area contributed by atoms with Gasteiger partial charge in [0.25, 0.3) is 0 Å². The molecule has 0 heterocycles. The second-order valence-corrected chi connectivity index (χ2v) is 5.83. The summed E-state index contributed by atoms with van der Waals surface area (Å²) < 4.78 is 13.2. The third-order valence-electron chi connectivity index (χ3n) is 3.17. The third kappa shape index (κ3) is 3.59. The van der Waals surface area contributed by atoms with Crippen LogP contribution in [0.15, 0.2) is 42.5 Å². The van der Waals surface area contributed by atoms with Gasteiger partial charge in [-0.05, 0) is 41.2 Å². The minimum atomic E-state index is -0.791. The zero-order valence-electron chi connectivity index (χ0n) is 11.6. The first-order valence-corrected chi connectivity index (χ1v) is 7.07. The van der Waals surface area contributed by atoms with Crippen LogP contribution < -0.4 is 0 Å². The SMILES string of the molecule is CC(C)Cc1cccc(C(O)c2ccc(F)c(Cl)c2)c1. The molecule has 1 N–H and O–H groups in total. The van der Waals surface area contributed by atoms with Gasteiger partial charge in [-0.3, -0.25) is 0 Å². The molecule has 0 spiro atoms. The highest BCUT2D eigenvalue weighted by Gasteiger charge is 2.13. The summed E-state index contributed by atoms with van der Waals surface area (Å²) in [5.41, 5.74) is 2.58. The smallest absolute Gasteiger partial charge is 0.141 e. The van der Waals surface area contributed by atoms with Crippen molar-refractivity contribution in [1.82, 2.24) is 0 Å². The van der Waals surface area contributed by atoms with Crippen molar-refractivity contribution in [3.8, 4) is 0 Å². The fourth-order valence-corrected chi connectivity index (χ4v) is 2.43. The fourth-order valence-electron chi connectivity index (χ4n) is 2.24. The predicted octanol–water partition coefficient (Wildman–Crippen LogP) is 4.76. The molecule has 2 rings (SSSR count). The Kier molecular flexibility index (Phi) is 4.79. The number of benzene rings is 2. The molecule has 1 atom stereocenters. The van der Waals surface area contributed by atoms with E-state index in [1.807, 2.05) is 24.3 Å². The van der Waals surface area contributed by atoms with E-state index in [-0.39, 0.29) is 5.02 Å². The van der Waals surface area contributed by atoms with E-state index in [4.69, 9.17) is 11.6 Å². The highest BCUT2D eigenvalue weighted by atomic mass is 35.5. The zero-order chi connectivity index (χ0) is 14.7. The fraction of sp³-hybridized carbons (Fsp3) is 0.294. The molecule has 1 nitrogen and oxygen atoms in total. The molecule has 0 aliphatic heterocycles. The number of aliphatic hydroxyl groups excluding tert-OH is 1. The average Bonchev–Trinajstić information content (AvgIpc) is 2.40. The van der Waals surface area contributed by atoms with Crippen LogP contribution in [0.3, 0.4) is 0 Å². The number of hydrogen-bond acceptors (Lipinski definition) is 1. The molecule has 0 aliphatic carbocycles. The van der Waals surface area contributed by atoms with Crippen molar-refractivity contribution < 1.29 is 9.50 Å². The summed E-state index contributed by atoms with van der Waals surface area (Å²) in [4.78, 5) is 0. The van der Waals surface area contributed by atoms with E-state index in [9.17, 15) is 9.50 Å². The van der Waals surface area contributed by atoms with Crippen LogP contribution in [0.5, 0.6) is 0 Å². The van der Waals surface area contributed by atoms with Gasteiger partial charge < -0.3 is 5.11 Å². The summed E-state index contributed by atoms with van der Waals surface area (Å²) in [5.74, 6) is 0.0823. The largest absolute Gasteiger partial charge is 0.384 e. The van der Waals surface area contributed by atoms with E-state index in [0.29, 0.717) is 11.5 Å². The minimum absolute atomic E-state index is 0.0277. The van der Waals surface area contributed by atoms with Crippen LogP contribution in [-0.2, 0) is 6.42 Å². The number of hydrogen-bond donors (Lipinski definition) is 1. The summed E-state index contributed by atoms with van der Waals surface area (Å²) in [7, 11) is 0. The maximum absolute atomic E-state index is 13.2. The van der Waals surface area contributed by atoms with Crippen LogP contribution in [0.1, 0.15) is 36.6 Å². The van der Waals surface area contributed by atoms with Crippen molar-refractivity contribution in [2.75, 3.05) is 0 Å². The van der Waals surface area contributed by atoms with Gasteiger partial charge in [-0.1, -0.05) is 55.8 Å². The number of rotatable bonds is 4. The maximum Gasteiger partial charge on any atom is 0.141 e. The van der Waals surface area contributed by atoms with E-state index in [1.54, 1.807) is 6.07 Å². The van der Waals surface area contributed by atoms with Crippen LogP contribution in [0.2, 0.25) is 5.02 Å². The first-order chi connectivity index (χ1) is 9.47. The monoisotopic (exact) mass is 292 g/mol. The topological polar surface area (TPSA) is 20.2 Å². The predicted molar refractivity (Wildman–Crippen MR) is 80.5 cm³/mol. The molecule has 0 radical (unpaired) electrons. The van der Waals surface area contributed by atoms with Crippen molar-refractivity contribution in [1.29, 1.82) is 0 Å². The van der Waals surface area contributed by atoms with Crippen LogP contribution >= 0.6 is 11.6 Å². The molecule has 0 bridgehead atoms. The second kappa shape index (κ2) is 6.38. The van der Waals surface area contributed by atoms with Crippen molar-refractivity contribution in [3.63, 3.8) is 0 Å². The Morgan fingerprint density at radius 2 is 1.80 bits per heavy atom. The molecule has 0 fully saturated rings. The van der Waals surface area contributed by atoms with E-state index >= 15 is 0 Å². The van der Waals surface area contributed by atoms with Crippen molar-refractivity contribution in [3.05, 3.63) is 70.0 Å². The van der Waals surface area contributed by atoms with Crippen molar-refractivity contribution >= 4 is 11.6 Å². The highest BCUT2D eigenvalue weighted by molar-refractivity contribution is 6.30. The first-order valence-electron chi connectivity index (χ1n) is 6.69. The Hall–Kier alpha value is -1.38. The molecule has 1 unspecified atom stereocenters. The quantitative estimate of drug-likeness (QED) is 0.861. The molecule has 0 aromatic heterocycles. The minimum Gasteiger partial charge on any atom is -0.384 e. The second-order valence-electron chi connectivity index (χ2n) is 5.42. The molecular formula is C17H18ClFO. The molecule has 106 valence electrons. The summed E-state index contributed by atoms with van der Waals surface area (Å²) in [6, 6.07) is 12.1. The normalized spacial score (nSPS) is 12.7. The van der Waals surface area contributed by atoms with E-state index in [1.165, 1.54) is 17.7 Å². The van der Waals surface area contributed by atoms with Crippen LogP contribution in [0, 0.1) is 11.7 Å². The van der Waals surface area contributed by atoms with Crippen LogP contribution in [0.4, 0.5) is 4.39 Å². The molecule has 0 saturated carbocycles. The van der Waals surface area contributed by atoms with Gasteiger partial charge in [0, 0.05) is 0 Å². The third-order valence-corrected chi connectivity index (χ3v) is 3.46. The van der Waals surface area contributed by atoms with Gasteiger partial charge in [0.05, 0.1) is 5.02 Å². The molecule has 0 aliphatic rings. The molecule has 2 aromatic rings. The zero-order valence-corrected chi connectivity index (χ0v) is 12.4. The molecular weight excluding hydrogens is 275 g/mol. The Balaban J connectivity index is 2.28. The van der Waals surface area contributed by atoms with Crippen LogP contribution in [-0.4, -0.2) is 5.11 Å². The summed E-state index contributed by atoms with van der Waals surface area (Å²) in [5, 5.41) is 10.4. The molecule has 0 amide bonds. The number of halogens is 2. The average molecular weight is 293 g/mol. The van der Waals surface area contributed by atoms with Crippen LogP contribution in [0.25, 0.3) is 0 Å². The van der Waals surface area contributed by atoms with E-state index in [2.05, 4.69) is 13.8 Å². The Morgan fingerprint density at radius 3 is 2.45 bits per heavy atom. The molecule has 2 aromatic carbocycles. The maximum atomic E-state index is 13.2. The number of aliphatic hydroxyl groups is 1. The summed E-state index contributed by atoms with van der Waals surface area (Å²) in [6.45, 7) is 4.31. The Labute approximate surface area is 124 Å². The van der Waals surface area contributed by atoms with Crippen molar-refractivity contribution in [2.24, 2.45) is 5.92 Å². The Bertz CT molecular complexity index is 595. The lowest BCUT2D eigenvalue weighted by molar-refractivity contribution is 0.220. The summed E-state index contributed by atoms with van der Waals surface area (Å²) >= 11 is 5.76. The first kappa shape index (κ1) is 15.0. The van der Waals surface area contributed by atoms with E-state index in [0.717, 1.165) is 12.0 Å². The standard InChI is InChI=1S/C17H18ClFO/c1-11(2)8-12-4-3-5-13(9-12)17(20)14-6-7-16(19)15(18)10-14/h3-7,9-11,17,20H,8H2,1-2H3. The van der Waals surface area contributed by atoms with Gasteiger partial charge in [-0.25, -0.2) is 4.39 Å². The lowest BCUT2D eigenvalue weighted by Gasteiger charge is -2.14. The van der Waals surface area contributed by atoms with E-state index < -0.39 is 11.9 Å². The molecule has 0 saturated heterocycles. The van der Waals surface area contributed by atoms with Gasteiger partial charge in [0.1, 0.15) is 11.9 Å². The van der Waals surface area contributed by atoms with Gasteiger partial charge in [0.2, 0.25) is 0 Å². The lowest BCUT2D eigenvalue weighted by Crippen LogP contribution is -2.02. The summed E-state index contributed by atoms with van der Waals surface area (Å²) in [6.07, 6.45) is 0.172. The van der Waals surface area contributed by atoms with Crippen molar-refractivity contribution in [2.45, 2.75) is 26.4 Å². The van der Waals surface area contributed by atoms with Gasteiger partial charge >= 0.3 is 0 Å². The molecule has 20 heavy (non-hydrogen) atoms. The van der Waals surface area contributed by atoms with Gasteiger partial charge in [-0.15, -0.1) is 0 Å². The lowest BCUT2D eigenvalue weighted by atomic mass is 9.96. The Morgan fingerprint density at radius 1 is 1.10 bits per heavy atom. The van der Waals surface area contributed by atoms with Gasteiger partial charge in [0.15, 0.2) is 0 Å². The molecule has 3 heteroatoms.